The summed E-state index contributed by atoms with van der Waals surface area (Å²) in [5, 5.41) is 12.6. The first-order chi connectivity index (χ1) is 13.6. The minimum atomic E-state index is -0.964. The Hall–Kier alpha value is -3.31. The molecule has 2 aliphatic rings. The molecule has 0 amide bonds. The zero-order chi connectivity index (χ0) is 19.3. The Kier molecular flexibility index (Phi) is 3.84. The number of carbonyl (C=O) groups excluding carboxylic acids is 1. The van der Waals surface area contributed by atoms with Crippen LogP contribution in [0.5, 0.6) is 0 Å². The Bertz CT molecular complexity index is 1180. The highest BCUT2D eigenvalue weighted by molar-refractivity contribution is 7.99. The van der Waals surface area contributed by atoms with E-state index < -0.39 is 5.97 Å². The van der Waals surface area contributed by atoms with Gasteiger partial charge < -0.3 is 10.4 Å². The first-order valence-corrected chi connectivity index (χ1v) is 9.86. The van der Waals surface area contributed by atoms with E-state index in [1.165, 1.54) is 0 Å². The number of Topliss-reactive ketones (excluding diaryl/α,β-unsaturated/α-hetero) is 1. The number of nitrogens with one attached hydrogen (secondary N) is 1. The van der Waals surface area contributed by atoms with Gasteiger partial charge in [0.1, 0.15) is 0 Å². The van der Waals surface area contributed by atoms with E-state index in [0.29, 0.717) is 11.3 Å². The van der Waals surface area contributed by atoms with Gasteiger partial charge in [-0.3, -0.25) is 4.79 Å². The van der Waals surface area contributed by atoms with Gasteiger partial charge in [-0.05, 0) is 35.4 Å². The van der Waals surface area contributed by atoms with Gasteiger partial charge in [-0.2, -0.15) is 0 Å². The maximum absolute atomic E-state index is 13.3. The average molecular weight is 385 g/mol. The van der Waals surface area contributed by atoms with Crippen molar-refractivity contribution in [1.82, 2.24) is 0 Å². The molecule has 4 nitrogen and oxygen atoms in total. The summed E-state index contributed by atoms with van der Waals surface area (Å²) in [6, 6.07) is 20.5. The van der Waals surface area contributed by atoms with Crippen LogP contribution in [0.4, 0.5) is 5.69 Å². The summed E-state index contributed by atoms with van der Waals surface area (Å²) in [6.07, 6.45) is 0. The summed E-state index contributed by atoms with van der Waals surface area (Å²) in [7, 11) is 0. The van der Waals surface area contributed by atoms with Crippen LogP contribution < -0.4 is 5.32 Å². The van der Waals surface area contributed by atoms with Crippen molar-refractivity contribution in [2.45, 2.75) is 4.90 Å². The highest BCUT2D eigenvalue weighted by Crippen LogP contribution is 2.44. The van der Waals surface area contributed by atoms with E-state index in [-0.39, 0.29) is 11.3 Å². The number of carbonyl (C=O) groups is 2. The fourth-order valence-electron chi connectivity index (χ4n) is 3.73. The predicted octanol–water partition coefficient (Wildman–Crippen LogP) is 5.18. The molecule has 0 atom stereocenters. The maximum Gasteiger partial charge on any atom is 0.335 e. The van der Waals surface area contributed by atoms with Crippen molar-refractivity contribution in [3.8, 4) is 11.1 Å². The Morgan fingerprint density at radius 3 is 2.46 bits per heavy atom. The summed E-state index contributed by atoms with van der Waals surface area (Å²) in [5.74, 6) is -0.311. The Balaban J connectivity index is 1.61. The van der Waals surface area contributed by atoms with E-state index in [1.54, 1.807) is 36.0 Å². The molecule has 0 aromatic heterocycles. The molecule has 0 unspecified atom stereocenters. The molecule has 0 saturated heterocycles. The maximum atomic E-state index is 13.3. The molecule has 0 spiro atoms. The number of rotatable bonds is 2. The number of hydrogen-bond acceptors (Lipinski definition) is 4. The number of thioether (sulfide) groups is 1. The lowest BCUT2D eigenvalue weighted by molar-refractivity contribution is 0.0696. The largest absolute Gasteiger partial charge is 0.478 e. The monoisotopic (exact) mass is 385 g/mol. The zero-order valence-corrected chi connectivity index (χ0v) is 15.5. The Labute approximate surface area is 165 Å². The molecule has 5 heteroatoms. The van der Waals surface area contributed by atoms with Gasteiger partial charge >= 0.3 is 5.97 Å². The molecule has 1 heterocycles. The molecule has 5 rings (SSSR count). The molecule has 28 heavy (non-hydrogen) atoms. The van der Waals surface area contributed by atoms with Gasteiger partial charge in [-0.15, -0.1) is 11.8 Å². The van der Waals surface area contributed by atoms with Crippen molar-refractivity contribution in [1.29, 1.82) is 0 Å². The van der Waals surface area contributed by atoms with E-state index in [0.717, 1.165) is 38.5 Å². The van der Waals surface area contributed by atoms with Crippen LogP contribution in [-0.4, -0.2) is 22.6 Å². The number of ketones is 1. The SMILES string of the molecule is O=C(O)c1ccc(-c2cccc3c2C(=O)C2=C3Nc3ccccc3SC2)cc1. The van der Waals surface area contributed by atoms with Crippen LogP contribution in [0, 0.1) is 0 Å². The van der Waals surface area contributed by atoms with Gasteiger partial charge in [0.2, 0.25) is 0 Å². The second-order valence-corrected chi connectivity index (χ2v) is 7.72. The van der Waals surface area contributed by atoms with E-state index in [4.69, 9.17) is 5.11 Å². The summed E-state index contributed by atoms with van der Waals surface area (Å²) >= 11 is 1.66. The summed E-state index contributed by atoms with van der Waals surface area (Å²) in [5.41, 5.74) is 6.14. The van der Waals surface area contributed by atoms with Gasteiger partial charge in [-0.25, -0.2) is 4.79 Å². The molecule has 1 aliphatic heterocycles. The minimum absolute atomic E-state index is 0.0377. The molecule has 136 valence electrons. The van der Waals surface area contributed by atoms with Crippen molar-refractivity contribution in [2.75, 3.05) is 11.1 Å². The number of aromatic carboxylic acids is 1. The summed E-state index contributed by atoms with van der Waals surface area (Å²) < 4.78 is 0. The molecular formula is C23H15NO3S. The van der Waals surface area contributed by atoms with E-state index >= 15 is 0 Å². The molecule has 1 aliphatic carbocycles. The topological polar surface area (TPSA) is 66.4 Å². The number of anilines is 1. The lowest BCUT2D eigenvalue weighted by Crippen LogP contribution is -2.03. The van der Waals surface area contributed by atoms with Crippen molar-refractivity contribution >= 4 is 34.9 Å². The molecule has 0 bridgehead atoms. The van der Waals surface area contributed by atoms with Gasteiger partial charge in [0.05, 0.1) is 16.9 Å². The Morgan fingerprint density at radius 1 is 0.929 bits per heavy atom. The standard InChI is InChI=1S/C23H15NO3S/c25-22-17-12-28-19-7-2-1-6-18(19)24-21(17)16-5-3-4-15(20(16)22)13-8-10-14(11-9-13)23(26)27/h1-11,24H,12H2,(H,26,27). The quantitative estimate of drug-likeness (QED) is 0.636. The molecule has 0 saturated carbocycles. The Morgan fingerprint density at radius 2 is 1.68 bits per heavy atom. The lowest BCUT2D eigenvalue weighted by Gasteiger charge is -2.13. The number of fused-ring (bicyclic) bond motifs is 3. The van der Waals surface area contributed by atoms with Crippen LogP contribution in [0.1, 0.15) is 26.3 Å². The number of para-hydroxylation sites is 1. The van der Waals surface area contributed by atoms with Crippen molar-refractivity contribution in [3.63, 3.8) is 0 Å². The number of carboxylic acids is 1. The number of carboxylic acid groups (broad SMARTS) is 1. The van der Waals surface area contributed by atoms with E-state index in [2.05, 4.69) is 11.4 Å². The first kappa shape index (κ1) is 16.8. The molecule has 3 aromatic carbocycles. The van der Waals surface area contributed by atoms with Crippen LogP contribution in [0.3, 0.4) is 0 Å². The first-order valence-electron chi connectivity index (χ1n) is 8.87. The van der Waals surface area contributed by atoms with Crippen molar-refractivity contribution in [2.24, 2.45) is 0 Å². The van der Waals surface area contributed by atoms with Crippen molar-refractivity contribution in [3.05, 3.63) is 89.0 Å². The highest BCUT2D eigenvalue weighted by Gasteiger charge is 2.33. The van der Waals surface area contributed by atoms with E-state index in [1.807, 2.05) is 36.4 Å². The van der Waals surface area contributed by atoms with Crippen LogP contribution >= 0.6 is 11.8 Å². The summed E-state index contributed by atoms with van der Waals surface area (Å²) in [6.45, 7) is 0. The normalized spacial score (nSPS) is 14.6. The molecular weight excluding hydrogens is 370 g/mol. The van der Waals surface area contributed by atoms with Gasteiger partial charge in [0.15, 0.2) is 5.78 Å². The molecule has 2 N–H and O–H groups in total. The molecule has 3 aromatic rings. The average Bonchev–Trinajstić information content (AvgIpc) is 2.88. The zero-order valence-electron chi connectivity index (χ0n) is 14.7. The third-order valence-electron chi connectivity index (χ3n) is 5.10. The second kappa shape index (κ2) is 6.39. The number of hydrogen-bond donors (Lipinski definition) is 2. The lowest BCUT2D eigenvalue weighted by atomic mass is 9.94. The summed E-state index contributed by atoms with van der Waals surface area (Å²) in [4.78, 5) is 25.6. The van der Waals surface area contributed by atoms with Gasteiger partial charge in [0.25, 0.3) is 0 Å². The van der Waals surface area contributed by atoms with Gasteiger partial charge in [-0.1, -0.05) is 42.5 Å². The van der Waals surface area contributed by atoms with Gasteiger partial charge in [0, 0.05) is 27.3 Å². The third kappa shape index (κ3) is 2.55. The fourth-order valence-corrected chi connectivity index (χ4v) is 4.75. The van der Waals surface area contributed by atoms with Crippen LogP contribution in [0.2, 0.25) is 0 Å². The van der Waals surface area contributed by atoms with Crippen LogP contribution in [0.15, 0.2) is 77.2 Å². The predicted molar refractivity (Wildman–Crippen MR) is 111 cm³/mol. The highest BCUT2D eigenvalue weighted by atomic mass is 32.2. The van der Waals surface area contributed by atoms with Crippen molar-refractivity contribution < 1.29 is 14.7 Å². The molecule has 0 fully saturated rings. The van der Waals surface area contributed by atoms with Crippen LogP contribution in [0.25, 0.3) is 16.8 Å². The minimum Gasteiger partial charge on any atom is -0.478 e. The second-order valence-electron chi connectivity index (χ2n) is 6.70. The third-order valence-corrected chi connectivity index (χ3v) is 6.20. The van der Waals surface area contributed by atoms with Crippen LogP contribution in [-0.2, 0) is 0 Å². The smallest absolute Gasteiger partial charge is 0.335 e. The number of benzene rings is 3. The molecule has 0 radical (unpaired) electrons. The van der Waals surface area contributed by atoms with E-state index in [9.17, 15) is 9.59 Å². The fraction of sp³-hybridized carbons (Fsp3) is 0.0435.